The van der Waals surface area contributed by atoms with Gasteiger partial charge in [0, 0.05) is 23.6 Å². The molecule has 0 N–H and O–H groups in total. The maximum absolute atomic E-state index is 13.7. The topological polar surface area (TPSA) is 52.7 Å². The smallest absolute Gasteiger partial charge is 0.267 e. The van der Waals surface area contributed by atoms with E-state index in [0.29, 0.717) is 5.39 Å². The van der Waals surface area contributed by atoms with Crippen LogP contribution in [0.25, 0.3) is 10.9 Å². The van der Waals surface area contributed by atoms with E-state index in [9.17, 15) is 18.0 Å². The normalized spacial score (nSPS) is 20.1. The number of fused-ring (bicyclic) bond motifs is 1. The molecule has 23 heavy (non-hydrogen) atoms. The molecule has 0 amide bonds. The van der Waals surface area contributed by atoms with Gasteiger partial charge in [-0.05, 0) is 12.1 Å². The first-order chi connectivity index (χ1) is 11.0. The van der Waals surface area contributed by atoms with Crippen LogP contribution in [0.2, 0.25) is 0 Å². The number of halogens is 3. The summed E-state index contributed by atoms with van der Waals surface area (Å²) in [5.74, 6) is -1.36. The molecule has 1 fully saturated rings. The molecule has 0 unspecified atom stereocenters. The highest BCUT2D eigenvalue weighted by Gasteiger charge is 2.41. The summed E-state index contributed by atoms with van der Waals surface area (Å²) in [4.78, 5) is 12.3. The minimum Gasteiger partial charge on any atom is -0.267 e. The van der Waals surface area contributed by atoms with E-state index >= 15 is 0 Å². The van der Waals surface area contributed by atoms with Gasteiger partial charge in [-0.1, -0.05) is 6.07 Å². The van der Waals surface area contributed by atoms with Crippen molar-refractivity contribution in [2.45, 2.75) is 25.2 Å². The molecule has 1 aromatic carbocycles. The molecule has 5 nitrogen and oxygen atoms in total. The first-order valence-corrected chi connectivity index (χ1v) is 7.06. The van der Waals surface area contributed by atoms with Gasteiger partial charge in [-0.2, -0.15) is 10.2 Å². The number of nitrogens with zero attached hydrogens (tertiary/aromatic N) is 4. The van der Waals surface area contributed by atoms with Crippen LogP contribution < -0.4 is 5.56 Å². The van der Waals surface area contributed by atoms with Crippen LogP contribution in [0.1, 0.15) is 18.0 Å². The lowest BCUT2D eigenvalue weighted by Crippen LogP contribution is -2.22. The highest BCUT2D eigenvalue weighted by Crippen LogP contribution is 2.37. The molecular weight excluding hydrogens is 309 g/mol. The van der Waals surface area contributed by atoms with E-state index in [1.165, 1.54) is 23.1 Å². The van der Waals surface area contributed by atoms with Gasteiger partial charge < -0.3 is 0 Å². The highest BCUT2D eigenvalue weighted by molar-refractivity contribution is 5.75. The molecule has 0 spiro atoms. The molecule has 0 radical (unpaired) electrons. The summed E-state index contributed by atoms with van der Waals surface area (Å²) in [5.41, 5.74) is -0.532. The highest BCUT2D eigenvalue weighted by atomic mass is 19.1. The fourth-order valence-corrected chi connectivity index (χ4v) is 2.55. The van der Waals surface area contributed by atoms with Gasteiger partial charge in [-0.15, -0.1) is 0 Å². The Morgan fingerprint density at radius 1 is 1.26 bits per heavy atom. The Morgan fingerprint density at radius 2 is 1.96 bits per heavy atom. The third-order valence-electron chi connectivity index (χ3n) is 3.90. The second-order valence-corrected chi connectivity index (χ2v) is 5.54. The number of aromatic nitrogens is 4. The van der Waals surface area contributed by atoms with Crippen molar-refractivity contribution in [1.29, 1.82) is 0 Å². The Morgan fingerprint density at radius 3 is 2.61 bits per heavy atom. The molecule has 0 saturated heterocycles. The van der Waals surface area contributed by atoms with Crippen molar-refractivity contribution in [2.24, 2.45) is 0 Å². The first-order valence-electron chi connectivity index (χ1n) is 7.06. The van der Waals surface area contributed by atoms with Crippen LogP contribution in [0, 0.1) is 11.6 Å². The number of benzene rings is 1. The Kier molecular flexibility index (Phi) is 3.00. The summed E-state index contributed by atoms with van der Waals surface area (Å²) in [5, 5.41) is 8.45. The lowest BCUT2D eigenvalue weighted by molar-refractivity contribution is 0.423. The van der Waals surface area contributed by atoms with Gasteiger partial charge in [-0.25, -0.2) is 17.9 Å². The van der Waals surface area contributed by atoms with Crippen molar-refractivity contribution in [1.82, 2.24) is 19.6 Å². The predicted octanol–water partition coefficient (Wildman–Crippen LogP) is 2.20. The zero-order valence-electron chi connectivity index (χ0n) is 11.8. The van der Waals surface area contributed by atoms with Crippen molar-refractivity contribution in [3.63, 3.8) is 0 Å². The minimum absolute atomic E-state index is 0.107. The summed E-state index contributed by atoms with van der Waals surface area (Å²) in [6.45, 7) is -0.151. The predicted molar refractivity (Wildman–Crippen MR) is 75.8 cm³/mol. The standard InChI is InChI=1S/C15H11F3N4O/c16-10-2-1-3-11(17)9(10)7-21-6-8-5-19-22(13-4-12(13)18)15(23)14(8)20-21/h1-3,5-6,12-13H,4,7H2/t12-,13+/m0/s1. The van der Waals surface area contributed by atoms with Gasteiger partial charge in [0.05, 0.1) is 18.8 Å². The van der Waals surface area contributed by atoms with Gasteiger partial charge in [0.15, 0.2) is 5.52 Å². The SMILES string of the molecule is O=c1c2nn(Cc3c(F)cccc3F)cc2cnn1[C@@H]1C[C@@H]1F. The lowest BCUT2D eigenvalue weighted by Gasteiger charge is -2.04. The van der Waals surface area contributed by atoms with Gasteiger partial charge >= 0.3 is 0 Å². The summed E-state index contributed by atoms with van der Waals surface area (Å²) >= 11 is 0. The van der Waals surface area contributed by atoms with Crippen LogP contribution in [-0.4, -0.2) is 25.7 Å². The second-order valence-electron chi connectivity index (χ2n) is 5.54. The molecule has 0 aliphatic heterocycles. The fourth-order valence-electron chi connectivity index (χ4n) is 2.55. The second kappa shape index (κ2) is 4.94. The third kappa shape index (κ3) is 2.30. The zero-order valence-corrected chi connectivity index (χ0v) is 11.8. The molecule has 3 aromatic rings. The quantitative estimate of drug-likeness (QED) is 0.743. The summed E-state index contributed by atoms with van der Waals surface area (Å²) in [7, 11) is 0. The van der Waals surface area contributed by atoms with Crippen LogP contribution in [0.3, 0.4) is 0 Å². The molecule has 2 atom stereocenters. The Bertz CT molecular complexity index is 945. The van der Waals surface area contributed by atoms with E-state index in [-0.39, 0.29) is 24.0 Å². The van der Waals surface area contributed by atoms with Crippen LogP contribution in [0.15, 0.2) is 35.4 Å². The van der Waals surface area contributed by atoms with Crippen LogP contribution in [0.5, 0.6) is 0 Å². The fraction of sp³-hybridized carbons (Fsp3) is 0.267. The van der Waals surface area contributed by atoms with Crippen LogP contribution >= 0.6 is 0 Å². The molecule has 2 heterocycles. The maximum Gasteiger partial charge on any atom is 0.295 e. The van der Waals surface area contributed by atoms with Gasteiger partial charge in [-0.3, -0.25) is 9.48 Å². The number of rotatable bonds is 3. The average Bonchev–Trinajstić information content (AvgIpc) is 3.08. The summed E-state index contributed by atoms with van der Waals surface area (Å²) < 4.78 is 42.9. The van der Waals surface area contributed by atoms with Crippen molar-refractivity contribution in [3.8, 4) is 0 Å². The first kappa shape index (κ1) is 14.0. The van der Waals surface area contributed by atoms with E-state index in [1.54, 1.807) is 0 Å². The van der Waals surface area contributed by atoms with E-state index in [4.69, 9.17) is 0 Å². The number of hydrogen-bond donors (Lipinski definition) is 0. The monoisotopic (exact) mass is 320 g/mol. The largest absolute Gasteiger partial charge is 0.295 e. The molecule has 1 aliphatic carbocycles. The van der Waals surface area contributed by atoms with E-state index in [2.05, 4.69) is 10.2 Å². The van der Waals surface area contributed by atoms with Gasteiger partial charge in [0.1, 0.15) is 17.8 Å². The maximum atomic E-state index is 13.7. The third-order valence-corrected chi connectivity index (χ3v) is 3.90. The van der Waals surface area contributed by atoms with E-state index < -0.39 is 29.4 Å². The molecule has 118 valence electrons. The Labute approximate surface area is 128 Å². The van der Waals surface area contributed by atoms with Crippen LogP contribution in [0.4, 0.5) is 13.2 Å². The zero-order chi connectivity index (χ0) is 16.1. The molecule has 8 heteroatoms. The lowest BCUT2D eigenvalue weighted by atomic mass is 10.2. The van der Waals surface area contributed by atoms with Crippen molar-refractivity contribution < 1.29 is 13.2 Å². The van der Waals surface area contributed by atoms with E-state index in [0.717, 1.165) is 16.8 Å². The summed E-state index contributed by atoms with van der Waals surface area (Å²) in [6.07, 6.45) is 2.09. The van der Waals surface area contributed by atoms with Gasteiger partial charge in [0.2, 0.25) is 0 Å². The van der Waals surface area contributed by atoms with Gasteiger partial charge in [0.25, 0.3) is 5.56 Å². The summed E-state index contributed by atoms with van der Waals surface area (Å²) in [6, 6.07) is 3.05. The number of alkyl halides is 1. The molecule has 1 saturated carbocycles. The molecule has 2 aromatic heterocycles. The van der Waals surface area contributed by atoms with Crippen LogP contribution in [-0.2, 0) is 6.54 Å². The molecule has 0 bridgehead atoms. The molecular formula is C15H11F3N4O. The van der Waals surface area contributed by atoms with E-state index in [1.807, 2.05) is 0 Å². The van der Waals surface area contributed by atoms with Crippen molar-refractivity contribution in [3.05, 3.63) is 58.1 Å². The molecule has 1 aliphatic rings. The number of hydrogen-bond acceptors (Lipinski definition) is 3. The molecule has 4 rings (SSSR count). The Hall–Kier alpha value is -2.64. The van der Waals surface area contributed by atoms with Crippen molar-refractivity contribution in [2.75, 3.05) is 0 Å². The Balaban J connectivity index is 1.75. The minimum atomic E-state index is -1.06. The average molecular weight is 320 g/mol. The van der Waals surface area contributed by atoms with Crippen molar-refractivity contribution >= 4 is 10.9 Å².